The predicted molar refractivity (Wildman–Crippen MR) is 66.6 cm³/mol. The van der Waals surface area contributed by atoms with Crippen LogP contribution in [0.2, 0.25) is 0 Å². The molecule has 0 bridgehead atoms. The number of H-pyrrole nitrogens is 1. The van der Waals surface area contributed by atoms with E-state index in [0.29, 0.717) is 12.6 Å². The monoisotopic (exact) mass is 222 g/mol. The molecule has 0 unspecified atom stereocenters. The number of nitrogens with zero attached hydrogens (tertiary/aromatic N) is 2. The van der Waals surface area contributed by atoms with Crippen LogP contribution in [0.1, 0.15) is 37.8 Å². The van der Waals surface area contributed by atoms with Crippen LogP contribution in [0.3, 0.4) is 0 Å². The summed E-state index contributed by atoms with van der Waals surface area (Å²) in [5.41, 5.74) is 8.11. The molecule has 4 heteroatoms. The maximum Gasteiger partial charge on any atom is 0.0782 e. The molecule has 0 spiro atoms. The van der Waals surface area contributed by atoms with Crippen LogP contribution >= 0.6 is 0 Å². The van der Waals surface area contributed by atoms with Crippen LogP contribution in [0.4, 0.5) is 5.69 Å². The maximum atomic E-state index is 5.72. The van der Waals surface area contributed by atoms with Gasteiger partial charge in [-0.3, -0.25) is 5.10 Å². The predicted octanol–water partition coefficient (Wildman–Crippen LogP) is 1.82. The lowest BCUT2D eigenvalue weighted by atomic mass is 9.94. The van der Waals surface area contributed by atoms with E-state index < -0.39 is 0 Å². The minimum Gasteiger partial charge on any atom is -0.365 e. The Hall–Kier alpha value is -1.03. The highest BCUT2D eigenvalue weighted by molar-refractivity contribution is 5.49. The van der Waals surface area contributed by atoms with Crippen LogP contribution in [0.15, 0.2) is 6.20 Å². The van der Waals surface area contributed by atoms with Gasteiger partial charge in [-0.05, 0) is 19.8 Å². The van der Waals surface area contributed by atoms with Gasteiger partial charge in [-0.1, -0.05) is 19.3 Å². The number of hydrogen-bond donors (Lipinski definition) is 2. The third-order valence-electron chi connectivity index (χ3n) is 3.50. The van der Waals surface area contributed by atoms with E-state index in [4.69, 9.17) is 5.73 Å². The number of nitrogens with two attached hydrogens (primary N) is 1. The highest BCUT2D eigenvalue weighted by atomic mass is 15.2. The molecule has 1 aliphatic rings. The second kappa shape index (κ2) is 5.34. The van der Waals surface area contributed by atoms with E-state index in [9.17, 15) is 0 Å². The lowest BCUT2D eigenvalue weighted by Gasteiger charge is -2.35. The Bertz CT molecular complexity index is 315. The van der Waals surface area contributed by atoms with E-state index in [2.05, 4.69) is 22.0 Å². The third-order valence-corrected chi connectivity index (χ3v) is 3.50. The Morgan fingerprint density at radius 2 is 2.19 bits per heavy atom. The number of aryl methyl sites for hydroxylation is 1. The van der Waals surface area contributed by atoms with Gasteiger partial charge in [-0.25, -0.2) is 0 Å². The van der Waals surface area contributed by atoms with Crippen LogP contribution in [0, 0.1) is 6.92 Å². The minimum absolute atomic E-state index is 0.661. The maximum absolute atomic E-state index is 5.72. The molecule has 1 saturated carbocycles. The van der Waals surface area contributed by atoms with E-state index >= 15 is 0 Å². The van der Waals surface area contributed by atoms with Gasteiger partial charge in [0.2, 0.25) is 0 Å². The molecule has 90 valence electrons. The molecule has 0 radical (unpaired) electrons. The van der Waals surface area contributed by atoms with Crippen LogP contribution in [-0.2, 0) is 0 Å². The Morgan fingerprint density at radius 1 is 1.44 bits per heavy atom. The molecule has 0 amide bonds. The Balaban J connectivity index is 2.12. The van der Waals surface area contributed by atoms with Gasteiger partial charge in [0.15, 0.2) is 0 Å². The molecule has 1 fully saturated rings. The normalized spacial score (nSPS) is 17.6. The minimum atomic E-state index is 0.661. The second-order valence-corrected chi connectivity index (χ2v) is 4.65. The zero-order valence-corrected chi connectivity index (χ0v) is 10.1. The summed E-state index contributed by atoms with van der Waals surface area (Å²) in [5, 5.41) is 7.13. The van der Waals surface area contributed by atoms with Crippen molar-refractivity contribution < 1.29 is 0 Å². The molecular formula is C12H22N4. The second-order valence-electron chi connectivity index (χ2n) is 4.65. The number of aromatic amines is 1. The van der Waals surface area contributed by atoms with Gasteiger partial charge in [0.05, 0.1) is 17.6 Å². The smallest absolute Gasteiger partial charge is 0.0782 e. The van der Waals surface area contributed by atoms with Gasteiger partial charge in [0.1, 0.15) is 0 Å². The Morgan fingerprint density at radius 3 is 2.75 bits per heavy atom. The largest absolute Gasteiger partial charge is 0.365 e. The summed E-state index contributed by atoms with van der Waals surface area (Å²) in [5.74, 6) is 0. The summed E-state index contributed by atoms with van der Waals surface area (Å²) >= 11 is 0. The molecule has 0 atom stereocenters. The first-order valence-corrected chi connectivity index (χ1v) is 6.29. The molecule has 3 N–H and O–H groups in total. The van der Waals surface area contributed by atoms with Crippen molar-refractivity contribution in [3.8, 4) is 0 Å². The summed E-state index contributed by atoms with van der Waals surface area (Å²) in [7, 11) is 0. The molecule has 1 aliphatic carbocycles. The molecule has 1 aromatic heterocycles. The fraction of sp³-hybridized carbons (Fsp3) is 0.750. The molecule has 0 aromatic carbocycles. The SMILES string of the molecule is Cc1[nH]ncc1N(CCN)C1CCCCC1. The molecule has 0 aliphatic heterocycles. The summed E-state index contributed by atoms with van der Waals surface area (Å²) in [6.45, 7) is 3.72. The number of anilines is 1. The number of nitrogens with one attached hydrogen (secondary N) is 1. The topological polar surface area (TPSA) is 57.9 Å². The van der Waals surface area contributed by atoms with E-state index in [1.54, 1.807) is 0 Å². The Kier molecular flexibility index (Phi) is 3.83. The highest BCUT2D eigenvalue weighted by Gasteiger charge is 2.22. The van der Waals surface area contributed by atoms with Crippen molar-refractivity contribution in [2.24, 2.45) is 5.73 Å². The van der Waals surface area contributed by atoms with Crippen molar-refractivity contribution in [3.05, 3.63) is 11.9 Å². The van der Waals surface area contributed by atoms with E-state index in [0.717, 1.165) is 12.2 Å². The lowest BCUT2D eigenvalue weighted by Crippen LogP contribution is -2.40. The molecule has 16 heavy (non-hydrogen) atoms. The van der Waals surface area contributed by atoms with Crippen molar-refractivity contribution in [1.82, 2.24) is 10.2 Å². The molecule has 2 rings (SSSR count). The summed E-state index contributed by atoms with van der Waals surface area (Å²) in [4.78, 5) is 2.44. The zero-order chi connectivity index (χ0) is 11.4. The lowest BCUT2D eigenvalue weighted by molar-refractivity contribution is 0.415. The van der Waals surface area contributed by atoms with Gasteiger partial charge in [-0.2, -0.15) is 5.10 Å². The Labute approximate surface area is 97.2 Å². The molecule has 1 aromatic rings. The first-order valence-electron chi connectivity index (χ1n) is 6.29. The van der Waals surface area contributed by atoms with Crippen molar-refractivity contribution in [2.45, 2.75) is 45.1 Å². The first kappa shape index (κ1) is 11.5. The molecule has 1 heterocycles. The zero-order valence-electron chi connectivity index (χ0n) is 10.1. The van der Waals surface area contributed by atoms with Gasteiger partial charge in [-0.15, -0.1) is 0 Å². The number of rotatable bonds is 4. The van der Waals surface area contributed by atoms with Crippen molar-refractivity contribution in [2.75, 3.05) is 18.0 Å². The van der Waals surface area contributed by atoms with Crippen molar-refractivity contribution in [1.29, 1.82) is 0 Å². The molecular weight excluding hydrogens is 200 g/mol. The standard InChI is InChI=1S/C12H22N4/c1-10-12(9-14-15-10)16(8-7-13)11-5-3-2-4-6-11/h9,11H,2-8,13H2,1H3,(H,14,15). The van der Waals surface area contributed by atoms with Gasteiger partial charge in [0.25, 0.3) is 0 Å². The molecule has 4 nitrogen and oxygen atoms in total. The fourth-order valence-corrected chi connectivity index (χ4v) is 2.67. The average Bonchev–Trinajstić information content (AvgIpc) is 2.73. The number of hydrogen-bond acceptors (Lipinski definition) is 3. The first-order chi connectivity index (χ1) is 7.83. The number of aromatic nitrogens is 2. The van der Waals surface area contributed by atoms with Crippen LogP contribution in [-0.4, -0.2) is 29.3 Å². The van der Waals surface area contributed by atoms with Crippen LogP contribution < -0.4 is 10.6 Å². The van der Waals surface area contributed by atoms with E-state index in [-0.39, 0.29) is 0 Å². The quantitative estimate of drug-likeness (QED) is 0.817. The highest BCUT2D eigenvalue weighted by Crippen LogP contribution is 2.28. The van der Waals surface area contributed by atoms with E-state index in [1.807, 2.05) is 6.20 Å². The van der Waals surface area contributed by atoms with E-state index in [1.165, 1.54) is 37.8 Å². The van der Waals surface area contributed by atoms with Gasteiger partial charge in [0, 0.05) is 19.1 Å². The average molecular weight is 222 g/mol. The van der Waals surface area contributed by atoms with Crippen molar-refractivity contribution in [3.63, 3.8) is 0 Å². The fourth-order valence-electron chi connectivity index (χ4n) is 2.67. The van der Waals surface area contributed by atoms with Crippen LogP contribution in [0.5, 0.6) is 0 Å². The third kappa shape index (κ3) is 2.38. The summed E-state index contributed by atoms with van der Waals surface area (Å²) in [6, 6.07) is 0.661. The van der Waals surface area contributed by atoms with Gasteiger partial charge >= 0.3 is 0 Å². The van der Waals surface area contributed by atoms with Crippen LogP contribution in [0.25, 0.3) is 0 Å². The summed E-state index contributed by atoms with van der Waals surface area (Å²) < 4.78 is 0. The molecule has 0 saturated heterocycles. The van der Waals surface area contributed by atoms with Gasteiger partial charge < -0.3 is 10.6 Å². The summed E-state index contributed by atoms with van der Waals surface area (Å²) in [6.07, 6.45) is 8.61. The van der Waals surface area contributed by atoms with Crippen molar-refractivity contribution >= 4 is 5.69 Å².